The van der Waals surface area contributed by atoms with Crippen LogP contribution in [-0.2, 0) is 5.41 Å². The third-order valence-electron chi connectivity index (χ3n) is 21.4. The van der Waals surface area contributed by atoms with Gasteiger partial charge in [0.05, 0.1) is 16.4 Å². The summed E-state index contributed by atoms with van der Waals surface area (Å²) in [6.45, 7) is -0.220. The van der Waals surface area contributed by atoms with Crippen LogP contribution < -0.4 is 42.3 Å². The minimum absolute atomic E-state index is 0.110. The zero-order valence-electron chi connectivity index (χ0n) is 49.1. The van der Waals surface area contributed by atoms with E-state index in [9.17, 15) is 0 Å². The van der Waals surface area contributed by atoms with Gasteiger partial charge in [0.25, 0.3) is 13.4 Å². The summed E-state index contributed by atoms with van der Waals surface area (Å²) in [5, 5.41) is 4.99. The van der Waals surface area contributed by atoms with Gasteiger partial charge in [-0.1, -0.05) is 218 Å². The Bertz CT molecular complexity index is 5600. The molecule has 0 fully saturated rings. The summed E-state index contributed by atoms with van der Waals surface area (Å²) in [4.78, 5) is 0. The first-order valence-electron chi connectivity index (χ1n) is 31.8. The molecule has 6 heteroatoms. The third kappa shape index (κ3) is 6.17. The summed E-state index contributed by atoms with van der Waals surface area (Å²) in [6.07, 6.45) is 0. The van der Waals surface area contributed by atoms with E-state index >= 15 is 0 Å². The Kier molecular flexibility index (Phi) is 9.25. The molecule has 0 radical (unpaired) electrons. The molecule has 0 N–H and O–H groups in total. The smallest absolute Gasteiger partial charge is 0.256 e. The number of hydrogen-bond donors (Lipinski definition) is 0. The van der Waals surface area contributed by atoms with Crippen LogP contribution in [0.15, 0.2) is 291 Å². The lowest BCUT2D eigenvalue weighted by Crippen LogP contribution is -2.58. The molecule has 14 aromatic carbocycles. The lowest BCUT2D eigenvalue weighted by molar-refractivity contribution is 0.485. The van der Waals surface area contributed by atoms with Crippen LogP contribution in [0.25, 0.3) is 122 Å². The molecule has 16 aromatic rings. The first-order valence-corrected chi connectivity index (χ1v) is 31.8. The largest absolute Gasteiger partial charge is 0.458 e. The maximum atomic E-state index is 7.50. The minimum atomic E-state index is -0.690. The molecule has 4 nitrogen and oxygen atoms in total. The zero-order chi connectivity index (χ0) is 58.9. The van der Waals surface area contributed by atoms with E-state index in [4.69, 9.17) is 9.47 Å². The Labute approximate surface area is 525 Å². The number of fused-ring (bicyclic) bond motifs is 24. The van der Waals surface area contributed by atoms with E-state index in [1.54, 1.807) is 0 Å². The molecule has 0 unspecified atom stereocenters. The highest BCUT2D eigenvalue weighted by Gasteiger charge is 2.55. The quantitative estimate of drug-likeness (QED) is 0.164. The van der Waals surface area contributed by atoms with Gasteiger partial charge in [0, 0.05) is 44.0 Å². The van der Waals surface area contributed by atoms with Crippen molar-refractivity contribution in [2.45, 2.75) is 5.41 Å². The number of benzene rings is 14. The maximum Gasteiger partial charge on any atom is 0.256 e. The van der Waals surface area contributed by atoms with E-state index in [0.717, 1.165) is 23.0 Å². The standard InChI is InChI=1S/C85H48B2N2O2/c1-5-19-49(20-6-1)53-35-37-73-61(39-53)63-41-55(51-23-9-3-10-24-51)43-71-83(63)88(73)75-31-17-33-77-81(75)86(71)69-45-59-57-27-13-15-29-65(57)85(67(59)47-79(69)90-77)66-30-16-14-28-58(66)60-46-70-80(48-68(60)85)91-78-34-18-32-76-82(78)87(70)72-44-56(52-25-11-4-12-26-52)42-64-62-40-54(50-21-7-2-8-22-50)36-38-74(62)89(76)84(64)72/h1-48H. The Morgan fingerprint density at radius 2 is 0.637 bits per heavy atom. The molecule has 0 bridgehead atoms. The van der Waals surface area contributed by atoms with Crippen molar-refractivity contribution in [1.82, 2.24) is 9.13 Å². The maximum absolute atomic E-state index is 7.50. The Hall–Kier alpha value is -11.6. The summed E-state index contributed by atoms with van der Waals surface area (Å²) in [5.74, 6) is 3.58. The van der Waals surface area contributed by atoms with Gasteiger partial charge in [0.1, 0.15) is 23.0 Å². The molecule has 0 atom stereocenters. The highest BCUT2D eigenvalue weighted by molar-refractivity contribution is 7.00. The predicted octanol–water partition coefficient (Wildman–Crippen LogP) is 16.8. The van der Waals surface area contributed by atoms with Gasteiger partial charge in [-0.2, -0.15) is 0 Å². The van der Waals surface area contributed by atoms with Crippen LogP contribution in [0.2, 0.25) is 0 Å². The number of hydrogen-bond acceptors (Lipinski definition) is 2. The van der Waals surface area contributed by atoms with Gasteiger partial charge in [-0.25, -0.2) is 0 Å². The molecule has 6 aliphatic rings. The van der Waals surface area contributed by atoms with Gasteiger partial charge < -0.3 is 18.6 Å². The molecule has 22 rings (SSSR count). The summed E-state index contributed by atoms with van der Waals surface area (Å²) in [6, 6.07) is 109. The van der Waals surface area contributed by atoms with Crippen LogP contribution >= 0.6 is 0 Å². The Balaban J connectivity index is 0.773. The number of ether oxygens (including phenoxy) is 2. The van der Waals surface area contributed by atoms with Gasteiger partial charge in [-0.05, 0) is 195 Å². The lowest BCUT2D eigenvalue weighted by atomic mass is 9.34. The fourth-order valence-corrected chi connectivity index (χ4v) is 17.8. The van der Waals surface area contributed by atoms with Crippen molar-refractivity contribution in [3.63, 3.8) is 0 Å². The average molecular weight is 1150 g/mol. The fraction of sp³-hybridized carbons (Fsp3) is 0.0118. The molecule has 2 aliphatic carbocycles. The number of nitrogens with zero attached hydrogens (tertiary/aromatic N) is 2. The Morgan fingerprint density at radius 1 is 0.253 bits per heavy atom. The summed E-state index contributed by atoms with van der Waals surface area (Å²) in [7, 11) is 0. The molecular formula is C85H48B2N2O2. The highest BCUT2D eigenvalue weighted by atomic mass is 16.5. The zero-order valence-corrected chi connectivity index (χ0v) is 49.1. The van der Waals surface area contributed by atoms with Crippen molar-refractivity contribution in [3.8, 4) is 101 Å². The third-order valence-corrected chi connectivity index (χ3v) is 21.4. The molecule has 0 amide bonds. The van der Waals surface area contributed by atoms with Crippen molar-refractivity contribution in [3.05, 3.63) is 313 Å². The van der Waals surface area contributed by atoms with Gasteiger partial charge >= 0.3 is 0 Å². The number of aromatic nitrogens is 2. The van der Waals surface area contributed by atoms with E-state index in [0.29, 0.717) is 0 Å². The van der Waals surface area contributed by atoms with Crippen LogP contribution in [-0.4, -0.2) is 22.6 Å². The molecule has 91 heavy (non-hydrogen) atoms. The van der Waals surface area contributed by atoms with Gasteiger partial charge in [-0.3, -0.25) is 0 Å². The molecule has 6 heterocycles. The monoisotopic (exact) mass is 1150 g/mol. The van der Waals surface area contributed by atoms with Crippen molar-refractivity contribution < 1.29 is 9.47 Å². The molecule has 0 saturated heterocycles. The second-order valence-electron chi connectivity index (χ2n) is 25.7. The molecule has 416 valence electrons. The van der Waals surface area contributed by atoms with E-state index in [1.165, 1.54) is 177 Å². The normalized spacial score (nSPS) is 13.9. The number of rotatable bonds is 4. The second-order valence-corrected chi connectivity index (χ2v) is 25.7. The summed E-state index contributed by atoms with van der Waals surface area (Å²) < 4.78 is 20.1. The summed E-state index contributed by atoms with van der Waals surface area (Å²) in [5.41, 5.74) is 33.5. The molecule has 4 aliphatic heterocycles. The lowest BCUT2D eigenvalue weighted by Gasteiger charge is -2.36. The second kappa shape index (κ2) is 17.4. The van der Waals surface area contributed by atoms with Crippen LogP contribution in [0.5, 0.6) is 23.0 Å². The highest BCUT2D eigenvalue weighted by Crippen LogP contribution is 2.64. The van der Waals surface area contributed by atoms with Crippen LogP contribution in [0.3, 0.4) is 0 Å². The van der Waals surface area contributed by atoms with E-state index in [2.05, 4.69) is 300 Å². The van der Waals surface area contributed by atoms with Gasteiger partial charge in [0.15, 0.2) is 0 Å². The van der Waals surface area contributed by atoms with E-state index in [1.807, 2.05) is 0 Å². The molecule has 2 aromatic heterocycles. The van der Waals surface area contributed by atoms with Gasteiger partial charge in [-0.15, -0.1) is 0 Å². The van der Waals surface area contributed by atoms with Crippen molar-refractivity contribution in [2.24, 2.45) is 0 Å². The summed E-state index contributed by atoms with van der Waals surface area (Å²) >= 11 is 0. The first kappa shape index (κ1) is 48.4. The van der Waals surface area contributed by atoms with Gasteiger partial charge in [0.2, 0.25) is 0 Å². The predicted molar refractivity (Wildman–Crippen MR) is 376 cm³/mol. The topological polar surface area (TPSA) is 28.3 Å². The fourth-order valence-electron chi connectivity index (χ4n) is 17.8. The molecule has 0 saturated carbocycles. The van der Waals surface area contributed by atoms with E-state index in [-0.39, 0.29) is 13.4 Å². The van der Waals surface area contributed by atoms with Crippen molar-refractivity contribution in [2.75, 3.05) is 0 Å². The van der Waals surface area contributed by atoms with Crippen LogP contribution in [0.1, 0.15) is 22.3 Å². The minimum Gasteiger partial charge on any atom is -0.458 e. The molecule has 1 spiro atoms. The SMILES string of the molecule is c1ccc(-c2ccc3c(c2)c2cc(-c4ccccc4)cc4c2n3-c2cccc3c2B4c2cc4c(cc2O3)C2(c3ccccc3-4)c3ccccc3-c3cc4c(cc32)Oc2cccc3c2B4c2cc(-c4ccccc4)cc4c5cc(-c6ccccc6)ccc5n-3c24)cc1. The first-order chi connectivity index (χ1) is 45.1. The van der Waals surface area contributed by atoms with Crippen molar-refractivity contribution in [1.29, 1.82) is 0 Å². The van der Waals surface area contributed by atoms with Crippen molar-refractivity contribution >= 4 is 89.8 Å². The Morgan fingerprint density at radius 3 is 1.07 bits per heavy atom. The van der Waals surface area contributed by atoms with Crippen LogP contribution in [0, 0.1) is 0 Å². The van der Waals surface area contributed by atoms with E-state index < -0.39 is 5.41 Å². The molecular weight excluding hydrogens is 1100 g/mol. The average Bonchev–Trinajstić information content (AvgIpc) is 1.54. The van der Waals surface area contributed by atoms with Crippen LogP contribution in [0.4, 0.5) is 0 Å².